The van der Waals surface area contributed by atoms with Crippen LogP contribution in [0.1, 0.15) is 11.1 Å². The van der Waals surface area contributed by atoms with E-state index in [1.54, 1.807) is 29.3 Å². The van der Waals surface area contributed by atoms with Crippen molar-refractivity contribution in [3.8, 4) is 0 Å². The highest BCUT2D eigenvalue weighted by Gasteiger charge is 2.01. The van der Waals surface area contributed by atoms with Gasteiger partial charge in [-0.05, 0) is 5.56 Å². The number of benzene rings is 1. The monoisotopic (exact) mass is 265 g/mol. The van der Waals surface area contributed by atoms with Crippen LogP contribution in [0, 0.1) is 0 Å². The van der Waals surface area contributed by atoms with Crippen LogP contribution in [0.4, 0.5) is 0 Å². The summed E-state index contributed by atoms with van der Waals surface area (Å²) in [5, 5.41) is 13.5. The number of thiazole rings is 1. The van der Waals surface area contributed by atoms with Crippen LogP contribution in [0.15, 0.2) is 45.3 Å². The minimum atomic E-state index is 0.129. The topological polar surface area (TPSA) is 71.5 Å². The molecule has 0 bridgehead atoms. The molecule has 0 amide bonds. The second-order valence-electron chi connectivity index (χ2n) is 3.27. The molecule has 0 saturated heterocycles. The predicted octanol–water partition coefficient (Wildman–Crippen LogP) is 2.53. The molecule has 0 unspecified atom stereocenters. The number of aromatic nitrogens is 1. The van der Waals surface area contributed by atoms with Gasteiger partial charge in [-0.25, -0.2) is 4.98 Å². The van der Waals surface area contributed by atoms with Gasteiger partial charge in [0.05, 0.1) is 0 Å². The maximum absolute atomic E-state index is 8.54. The van der Waals surface area contributed by atoms with E-state index >= 15 is 0 Å². The largest absolute Gasteiger partial charge is 0.409 e. The summed E-state index contributed by atoms with van der Waals surface area (Å²) in [5.74, 6) is 0.994. The fraction of sp³-hybridized carbons (Fsp3) is 0.0909. The summed E-state index contributed by atoms with van der Waals surface area (Å²) >= 11 is 3.33. The molecule has 0 fully saturated rings. The number of hydrogen-bond donors (Lipinski definition) is 2. The van der Waals surface area contributed by atoms with Gasteiger partial charge in [-0.2, -0.15) is 0 Å². The summed E-state index contributed by atoms with van der Waals surface area (Å²) in [6.07, 6.45) is 1.80. The average Bonchev–Trinajstić information content (AvgIpc) is 2.89. The minimum Gasteiger partial charge on any atom is -0.409 e. The number of hydrogen-bond acceptors (Lipinski definition) is 5. The summed E-state index contributed by atoms with van der Waals surface area (Å²) in [6.45, 7) is 0. The molecule has 4 nitrogen and oxygen atoms in total. The summed E-state index contributed by atoms with van der Waals surface area (Å²) in [4.78, 5) is 4.20. The molecule has 0 aliphatic carbocycles. The van der Waals surface area contributed by atoms with Crippen molar-refractivity contribution < 1.29 is 5.21 Å². The Morgan fingerprint density at radius 3 is 2.76 bits per heavy atom. The molecule has 0 aliphatic rings. The second-order valence-corrected chi connectivity index (χ2v) is 5.39. The van der Waals surface area contributed by atoms with Crippen molar-refractivity contribution in [2.45, 2.75) is 10.1 Å². The lowest BCUT2D eigenvalue weighted by Gasteiger charge is -2.01. The number of oxime groups is 1. The van der Waals surface area contributed by atoms with Crippen LogP contribution in [-0.2, 0) is 5.75 Å². The zero-order chi connectivity index (χ0) is 12.1. The Morgan fingerprint density at radius 1 is 1.41 bits per heavy atom. The summed E-state index contributed by atoms with van der Waals surface area (Å²) in [7, 11) is 0. The van der Waals surface area contributed by atoms with Gasteiger partial charge in [0.15, 0.2) is 5.84 Å². The van der Waals surface area contributed by atoms with E-state index < -0.39 is 0 Å². The molecule has 0 saturated carbocycles. The van der Waals surface area contributed by atoms with E-state index in [4.69, 9.17) is 10.9 Å². The highest BCUT2D eigenvalue weighted by molar-refractivity contribution is 8.00. The van der Waals surface area contributed by atoms with Gasteiger partial charge in [0, 0.05) is 22.9 Å². The number of nitrogens with zero attached hydrogens (tertiary/aromatic N) is 2. The Bertz CT molecular complexity index is 494. The normalized spacial score (nSPS) is 11.6. The second kappa shape index (κ2) is 5.70. The third-order valence-electron chi connectivity index (χ3n) is 2.13. The molecule has 3 N–H and O–H groups in total. The number of amidine groups is 1. The molecular formula is C11H11N3OS2. The summed E-state index contributed by atoms with van der Waals surface area (Å²) in [6, 6.07) is 7.61. The standard InChI is InChI=1S/C11H11N3OS2/c12-10(14-15)9-3-1-8(2-4-9)7-17-11-13-5-6-16-11/h1-6,15H,7H2,(H2,12,14). The van der Waals surface area contributed by atoms with Crippen molar-refractivity contribution >= 4 is 28.9 Å². The Morgan fingerprint density at radius 2 is 2.18 bits per heavy atom. The molecule has 0 aliphatic heterocycles. The summed E-state index contributed by atoms with van der Waals surface area (Å²) in [5.41, 5.74) is 7.38. The molecule has 2 rings (SSSR count). The fourth-order valence-corrected chi connectivity index (χ4v) is 2.85. The molecule has 0 spiro atoms. The minimum absolute atomic E-state index is 0.129. The molecule has 1 aromatic heterocycles. The third kappa shape index (κ3) is 3.21. The highest BCUT2D eigenvalue weighted by Crippen LogP contribution is 2.24. The molecule has 2 aromatic rings. The Labute approximate surface area is 107 Å². The van der Waals surface area contributed by atoms with Crippen molar-refractivity contribution in [1.82, 2.24) is 4.98 Å². The zero-order valence-corrected chi connectivity index (χ0v) is 10.5. The van der Waals surface area contributed by atoms with Crippen molar-refractivity contribution in [2.75, 3.05) is 0 Å². The van der Waals surface area contributed by atoms with Crippen LogP contribution in [0.25, 0.3) is 0 Å². The smallest absolute Gasteiger partial charge is 0.170 e. The van der Waals surface area contributed by atoms with E-state index in [1.165, 1.54) is 5.56 Å². The fourth-order valence-electron chi connectivity index (χ4n) is 1.26. The first-order chi connectivity index (χ1) is 8.29. The van der Waals surface area contributed by atoms with Crippen molar-refractivity contribution in [1.29, 1.82) is 0 Å². The average molecular weight is 265 g/mol. The first kappa shape index (κ1) is 11.9. The predicted molar refractivity (Wildman–Crippen MR) is 70.6 cm³/mol. The number of rotatable bonds is 4. The van der Waals surface area contributed by atoms with Gasteiger partial charge in [0.2, 0.25) is 0 Å². The molecule has 17 heavy (non-hydrogen) atoms. The van der Waals surface area contributed by atoms with E-state index in [-0.39, 0.29) is 5.84 Å². The third-order valence-corrected chi connectivity index (χ3v) is 4.17. The van der Waals surface area contributed by atoms with E-state index in [1.807, 2.05) is 29.6 Å². The van der Waals surface area contributed by atoms with Gasteiger partial charge in [0.1, 0.15) is 4.34 Å². The maximum Gasteiger partial charge on any atom is 0.170 e. The van der Waals surface area contributed by atoms with Gasteiger partial charge < -0.3 is 10.9 Å². The first-order valence-corrected chi connectivity index (χ1v) is 6.75. The lowest BCUT2D eigenvalue weighted by Crippen LogP contribution is -2.12. The van der Waals surface area contributed by atoms with Crippen LogP contribution in [0.2, 0.25) is 0 Å². The molecule has 6 heteroatoms. The number of nitrogens with two attached hydrogens (primary N) is 1. The molecule has 0 radical (unpaired) electrons. The SMILES string of the molecule is N/C(=N/O)c1ccc(CSc2nccs2)cc1. The lowest BCUT2D eigenvalue weighted by atomic mass is 10.1. The number of thioether (sulfide) groups is 1. The molecule has 0 atom stereocenters. The molecule has 88 valence electrons. The van der Waals surface area contributed by atoms with Crippen molar-refractivity contribution in [2.24, 2.45) is 10.9 Å². The molecule has 1 heterocycles. The van der Waals surface area contributed by atoms with Gasteiger partial charge in [-0.1, -0.05) is 41.2 Å². The maximum atomic E-state index is 8.54. The Hall–Kier alpha value is -1.53. The lowest BCUT2D eigenvalue weighted by molar-refractivity contribution is 0.318. The Balaban J connectivity index is 1.99. The summed E-state index contributed by atoms with van der Waals surface area (Å²) < 4.78 is 1.06. The van der Waals surface area contributed by atoms with Gasteiger partial charge in [-0.15, -0.1) is 11.3 Å². The van der Waals surface area contributed by atoms with E-state index in [0.29, 0.717) is 0 Å². The van der Waals surface area contributed by atoms with Crippen LogP contribution < -0.4 is 5.73 Å². The van der Waals surface area contributed by atoms with E-state index in [2.05, 4.69) is 10.1 Å². The quantitative estimate of drug-likeness (QED) is 0.293. The Kier molecular flexibility index (Phi) is 4.00. The van der Waals surface area contributed by atoms with Gasteiger partial charge >= 0.3 is 0 Å². The molecule has 1 aromatic carbocycles. The van der Waals surface area contributed by atoms with E-state index in [9.17, 15) is 0 Å². The zero-order valence-electron chi connectivity index (χ0n) is 8.91. The van der Waals surface area contributed by atoms with Gasteiger partial charge in [0.25, 0.3) is 0 Å². The van der Waals surface area contributed by atoms with Crippen LogP contribution in [0.3, 0.4) is 0 Å². The van der Waals surface area contributed by atoms with Crippen LogP contribution >= 0.6 is 23.1 Å². The first-order valence-electron chi connectivity index (χ1n) is 4.88. The van der Waals surface area contributed by atoms with Gasteiger partial charge in [-0.3, -0.25) is 0 Å². The van der Waals surface area contributed by atoms with Crippen molar-refractivity contribution in [3.63, 3.8) is 0 Å². The van der Waals surface area contributed by atoms with E-state index in [0.717, 1.165) is 15.7 Å². The van der Waals surface area contributed by atoms with Crippen LogP contribution in [-0.4, -0.2) is 16.0 Å². The molecular weight excluding hydrogens is 254 g/mol. The highest BCUT2D eigenvalue weighted by atomic mass is 32.2. The van der Waals surface area contributed by atoms with Crippen molar-refractivity contribution in [3.05, 3.63) is 47.0 Å². The van der Waals surface area contributed by atoms with Crippen LogP contribution in [0.5, 0.6) is 0 Å².